The highest BCUT2D eigenvalue weighted by atomic mass is 19.1. The zero-order valence-corrected chi connectivity index (χ0v) is 8.71. The Bertz CT molecular complexity index is 336. The second-order valence-corrected chi connectivity index (χ2v) is 3.71. The van der Waals surface area contributed by atoms with Crippen LogP contribution in [-0.2, 0) is 0 Å². The van der Waals surface area contributed by atoms with E-state index in [1.807, 2.05) is 6.92 Å². The van der Waals surface area contributed by atoms with Crippen molar-refractivity contribution in [2.75, 3.05) is 0 Å². The van der Waals surface area contributed by atoms with E-state index in [0.717, 1.165) is 5.56 Å². The molecule has 3 N–H and O–H groups in total. The number of aryl methyl sites for hydroxylation is 1. The molecule has 0 aliphatic rings. The lowest BCUT2D eigenvalue weighted by atomic mass is 9.94. The summed E-state index contributed by atoms with van der Waals surface area (Å²) in [6.45, 7) is 5.20. The van der Waals surface area contributed by atoms with Gasteiger partial charge in [-0.3, -0.25) is 0 Å². The molecule has 1 aromatic rings. The molecule has 0 saturated heterocycles. The van der Waals surface area contributed by atoms with Crippen LogP contribution in [0.2, 0.25) is 0 Å². The average molecular weight is 197 g/mol. The molecule has 2 unspecified atom stereocenters. The fraction of sp³-hybridized carbons (Fsp3) is 0.455. The van der Waals surface area contributed by atoms with E-state index in [9.17, 15) is 9.50 Å². The SMILES string of the molecule is Cc1ccc(F)c(C)c1C(O)C(C)N. The van der Waals surface area contributed by atoms with Gasteiger partial charge in [0.25, 0.3) is 0 Å². The molecule has 0 amide bonds. The summed E-state index contributed by atoms with van der Waals surface area (Å²) >= 11 is 0. The lowest BCUT2D eigenvalue weighted by molar-refractivity contribution is 0.151. The third kappa shape index (κ3) is 1.94. The summed E-state index contributed by atoms with van der Waals surface area (Å²) in [4.78, 5) is 0. The van der Waals surface area contributed by atoms with Crippen molar-refractivity contribution in [2.24, 2.45) is 5.73 Å². The molecule has 0 bridgehead atoms. The Morgan fingerprint density at radius 1 is 1.36 bits per heavy atom. The van der Waals surface area contributed by atoms with Gasteiger partial charge in [-0.15, -0.1) is 0 Å². The predicted octanol–water partition coefficient (Wildman–Crippen LogP) is 1.82. The van der Waals surface area contributed by atoms with Crippen molar-refractivity contribution in [3.63, 3.8) is 0 Å². The maximum absolute atomic E-state index is 13.2. The molecule has 0 saturated carbocycles. The summed E-state index contributed by atoms with van der Waals surface area (Å²) < 4.78 is 13.2. The minimum Gasteiger partial charge on any atom is -0.387 e. The fourth-order valence-electron chi connectivity index (χ4n) is 1.56. The molecule has 1 rings (SSSR count). The van der Waals surface area contributed by atoms with Crippen LogP contribution in [0.5, 0.6) is 0 Å². The third-order valence-electron chi connectivity index (χ3n) is 2.46. The Balaban J connectivity index is 3.25. The fourth-order valence-corrected chi connectivity index (χ4v) is 1.56. The van der Waals surface area contributed by atoms with E-state index in [1.165, 1.54) is 6.07 Å². The number of aliphatic hydroxyl groups is 1. The lowest BCUT2D eigenvalue weighted by Crippen LogP contribution is -2.25. The van der Waals surface area contributed by atoms with E-state index < -0.39 is 12.1 Å². The number of benzene rings is 1. The molecule has 14 heavy (non-hydrogen) atoms. The van der Waals surface area contributed by atoms with Gasteiger partial charge < -0.3 is 10.8 Å². The number of hydrogen-bond donors (Lipinski definition) is 2. The van der Waals surface area contributed by atoms with E-state index in [0.29, 0.717) is 11.1 Å². The molecule has 0 aromatic heterocycles. The van der Waals surface area contributed by atoms with Gasteiger partial charge in [0.05, 0.1) is 6.10 Å². The van der Waals surface area contributed by atoms with Crippen molar-refractivity contribution in [2.45, 2.75) is 32.9 Å². The Kier molecular flexibility index (Phi) is 3.24. The first-order valence-electron chi connectivity index (χ1n) is 4.64. The first-order chi connectivity index (χ1) is 6.45. The molecule has 0 heterocycles. The first kappa shape index (κ1) is 11.1. The maximum atomic E-state index is 13.2. The molecular formula is C11H16FNO. The van der Waals surface area contributed by atoms with Gasteiger partial charge in [-0.1, -0.05) is 6.07 Å². The summed E-state index contributed by atoms with van der Waals surface area (Å²) in [5.74, 6) is -0.301. The topological polar surface area (TPSA) is 46.2 Å². The zero-order chi connectivity index (χ0) is 10.9. The molecule has 78 valence electrons. The van der Waals surface area contributed by atoms with E-state index in [2.05, 4.69) is 0 Å². The number of hydrogen-bond acceptors (Lipinski definition) is 2. The van der Waals surface area contributed by atoms with E-state index >= 15 is 0 Å². The Morgan fingerprint density at radius 3 is 2.43 bits per heavy atom. The minimum absolute atomic E-state index is 0.301. The average Bonchev–Trinajstić information content (AvgIpc) is 2.12. The molecule has 2 atom stereocenters. The molecule has 0 aliphatic heterocycles. The number of aliphatic hydroxyl groups excluding tert-OH is 1. The summed E-state index contributed by atoms with van der Waals surface area (Å²) in [6.07, 6.45) is -0.800. The van der Waals surface area contributed by atoms with Gasteiger partial charge in [-0.05, 0) is 43.5 Å². The van der Waals surface area contributed by atoms with Crippen LogP contribution >= 0.6 is 0 Å². The van der Waals surface area contributed by atoms with Gasteiger partial charge in [-0.25, -0.2) is 4.39 Å². The minimum atomic E-state index is -0.800. The van der Waals surface area contributed by atoms with Gasteiger partial charge in [0.15, 0.2) is 0 Å². The van der Waals surface area contributed by atoms with Crippen LogP contribution in [0, 0.1) is 19.7 Å². The monoisotopic (exact) mass is 197 g/mol. The Hall–Kier alpha value is -0.930. The molecule has 1 aromatic carbocycles. The van der Waals surface area contributed by atoms with Crippen molar-refractivity contribution in [1.82, 2.24) is 0 Å². The van der Waals surface area contributed by atoms with E-state index in [1.54, 1.807) is 19.9 Å². The molecule has 2 nitrogen and oxygen atoms in total. The van der Waals surface area contributed by atoms with Gasteiger partial charge >= 0.3 is 0 Å². The first-order valence-corrected chi connectivity index (χ1v) is 4.64. The second kappa shape index (κ2) is 4.07. The Labute approximate surface area is 83.6 Å². The Morgan fingerprint density at radius 2 is 1.93 bits per heavy atom. The standard InChI is InChI=1S/C11H16FNO/c1-6-4-5-9(12)7(2)10(6)11(14)8(3)13/h4-5,8,11,14H,13H2,1-3H3. The quantitative estimate of drug-likeness (QED) is 0.759. The number of rotatable bonds is 2. The summed E-state index contributed by atoms with van der Waals surface area (Å²) in [6, 6.07) is 2.67. The lowest BCUT2D eigenvalue weighted by Gasteiger charge is -2.19. The highest BCUT2D eigenvalue weighted by molar-refractivity contribution is 5.37. The molecule has 3 heteroatoms. The summed E-state index contributed by atoms with van der Waals surface area (Å²) in [5, 5.41) is 9.79. The molecule has 0 aliphatic carbocycles. The summed E-state index contributed by atoms with van der Waals surface area (Å²) in [7, 11) is 0. The normalized spacial score (nSPS) is 15.3. The van der Waals surface area contributed by atoms with Crippen LogP contribution < -0.4 is 5.73 Å². The highest BCUT2D eigenvalue weighted by Gasteiger charge is 2.18. The van der Waals surface area contributed by atoms with Crippen LogP contribution in [0.3, 0.4) is 0 Å². The molecule has 0 spiro atoms. The van der Waals surface area contributed by atoms with E-state index in [4.69, 9.17) is 5.73 Å². The highest BCUT2D eigenvalue weighted by Crippen LogP contribution is 2.25. The van der Waals surface area contributed by atoms with Crippen molar-refractivity contribution in [3.05, 3.63) is 34.6 Å². The number of halogens is 1. The van der Waals surface area contributed by atoms with Gasteiger partial charge in [0.1, 0.15) is 5.82 Å². The predicted molar refractivity (Wildman–Crippen MR) is 54.5 cm³/mol. The van der Waals surface area contributed by atoms with Gasteiger partial charge in [0.2, 0.25) is 0 Å². The van der Waals surface area contributed by atoms with Crippen molar-refractivity contribution >= 4 is 0 Å². The second-order valence-electron chi connectivity index (χ2n) is 3.71. The number of nitrogens with two attached hydrogens (primary N) is 1. The van der Waals surface area contributed by atoms with Crippen molar-refractivity contribution in [3.8, 4) is 0 Å². The zero-order valence-electron chi connectivity index (χ0n) is 8.71. The van der Waals surface area contributed by atoms with Crippen LogP contribution in [0.1, 0.15) is 29.7 Å². The molecular weight excluding hydrogens is 181 g/mol. The van der Waals surface area contributed by atoms with Crippen LogP contribution in [0.15, 0.2) is 12.1 Å². The maximum Gasteiger partial charge on any atom is 0.126 e. The van der Waals surface area contributed by atoms with Crippen molar-refractivity contribution < 1.29 is 9.50 Å². The van der Waals surface area contributed by atoms with Crippen LogP contribution in [0.25, 0.3) is 0 Å². The molecule has 0 radical (unpaired) electrons. The largest absolute Gasteiger partial charge is 0.387 e. The smallest absolute Gasteiger partial charge is 0.126 e. The summed E-state index contributed by atoms with van der Waals surface area (Å²) in [5.41, 5.74) is 7.54. The van der Waals surface area contributed by atoms with Gasteiger partial charge in [-0.2, -0.15) is 0 Å². The van der Waals surface area contributed by atoms with E-state index in [-0.39, 0.29) is 5.82 Å². The van der Waals surface area contributed by atoms with Crippen LogP contribution in [0.4, 0.5) is 4.39 Å². The van der Waals surface area contributed by atoms with Crippen LogP contribution in [-0.4, -0.2) is 11.1 Å². The van der Waals surface area contributed by atoms with Crippen molar-refractivity contribution in [1.29, 1.82) is 0 Å². The molecule has 0 fully saturated rings. The van der Waals surface area contributed by atoms with Gasteiger partial charge in [0, 0.05) is 6.04 Å². The third-order valence-corrected chi connectivity index (χ3v) is 2.46.